The Morgan fingerprint density at radius 2 is 1.76 bits per heavy atom. The fourth-order valence-corrected chi connectivity index (χ4v) is 2.27. The summed E-state index contributed by atoms with van der Waals surface area (Å²) >= 11 is 0. The number of halogens is 1. The van der Waals surface area contributed by atoms with Crippen LogP contribution in [0.3, 0.4) is 0 Å². The number of aliphatic imine (C=N–C) groups is 1. The van der Waals surface area contributed by atoms with Crippen molar-refractivity contribution in [2.75, 3.05) is 19.0 Å². The lowest BCUT2D eigenvalue weighted by atomic mass is 10.1. The molecule has 0 aliphatic carbocycles. The third kappa shape index (κ3) is 6.91. The van der Waals surface area contributed by atoms with Gasteiger partial charge in [0.2, 0.25) is 0 Å². The van der Waals surface area contributed by atoms with Gasteiger partial charge in [-0.2, -0.15) is 0 Å². The molecule has 0 spiro atoms. The van der Waals surface area contributed by atoms with Gasteiger partial charge in [0.05, 0.1) is 25.9 Å². The maximum absolute atomic E-state index is 6.00. The number of hydrogen-bond acceptors (Lipinski definition) is 3. The lowest BCUT2D eigenvalue weighted by Gasteiger charge is -2.11. The number of nitrogens with one attached hydrogen (secondary N) is 1. The van der Waals surface area contributed by atoms with E-state index in [4.69, 9.17) is 15.2 Å². The summed E-state index contributed by atoms with van der Waals surface area (Å²) in [5.74, 6) is 1.08. The summed E-state index contributed by atoms with van der Waals surface area (Å²) in [5.41, 5.74) is 9.04. The van der Waals surface area contributed by atoms with Gasteiger partial charge in [-0.25, -0.2) is 4.99 Å². The second-order valence-electron chi connectivity index (χ2n) is 5.35. The van der Waals surface area contributed by atoms with Gasteiger partial charge in [-0.1, -0.05) is 43.3 Å². The molecule has 0 radical (unpaired) electrons. The molecule has 0 unspecified atom stereocenters. The molecule has 0 amide bonds. The predicted molar refractivity (Wildman–Crippen MR) is 114 cm³/mol. The maximum Gasteiger partial charge on any atom is 0.193 e. The molecule has 5 nitrogen and oxygen atoms in total. The van der Waals surface area contributed by atoms with Crippen LogP contribution in [-0.2, 0) is 17.9 Å². The molecule has 2 aromatic carbocycles. The monoisotopic (exact) mass is 455 g/mol. The van der Waals surface area contributed by atoms with Gasteiger partial charge >= 0.3 is 0 Å². The standard InChI is InChI=1S/C19H25N3O2.HI/c1-3-12-24-14-16-9-5-4-8-15(16)13-21-19(20)22-17-10-6-7-11-18(17)23-2;/h4-11H,3,12-14H2,1-2H3,(H3,20,21,22);1H. The maximum atomic E-state index is 6.00. The van der Waals surface area contributed by atoms with Crippen LogP contribution in [0.1, 0.15) is 24.5 Å². The van der Waals surface area contributed by atoms with Crippen molar-refractivity contribution < 1.29 is 9.47 Å². The molecule has 6 heteroatoms. The fourth-order valence-electron chi connectivity index (χ4n) is 2.27. The highest BCUT2D eigenvalue weighted by Gasteiger charge is 2.04. The van der Waals surface area contributed by atoms with Crippen molar-refractivity contribution in [2.24, 2.45) is 10.7 Å². The number of rotatable bonds is 8. The molecule has 0 heterocycles. The van der Waals surface area contributed by atoms with Crippen LogP contribution < -0.4 is 15.8 Å². The number of anilines is 1. The Hall–Kier alpha value is -1.80. The number of benzene rings is 2. The molecule has 2 aromatic rings. The molecule has 0 bridgehead atoms. The molecular formula is C19H26IN3O2. The van der Waals surface area contributed by atoms with E-state index < -0.39 is 0 Å². The van der Waals surface area contributed by atoms with E-state index in [1.165, 1.54) is 0 Å². The van der Waals surface area contributed by atoms with Crippen molar-refractivity contribution in [3.05, 3.63) is 59.7 Å². The predicted octanol–water partition coefficient (Wildman–Crippen LogP) is 4.17. The smallest absolute Gasteiger partial charge is 0.193 e. The van der Waals surface area contributed by atoms with Crippen LogP contribution in [0.2, 0.25) is 0 Å². The molecule has 0 saturated heterocycles. The van der Waals surface area contributed by atoms with Crippen LogP contribution in [0, 0.1) is 0 Å². The Balaban J connectivity index is 0.00000312. The van der Waals surface area contributed by atoms with Gasteiger partial charge in [-0.15, -0.1) is 24.0 Å². The number of guanidine groups is 1. The highest BCUT2D eigenvalue weighted by molar-refractivity contribution is 14.0. The molecule has 0 saturated carbocycles. The van der Waals surface area contributed by atoms with Crippen LogP contribution in [-0.4, -0.2) is 19.7 Å². The molecular weight excluding hydrogens is 429 g/mol. The summed E-state index contributed by atoms with van der Waals surface area (Å²) in [7, 11) is 1.63. The van der Waals surface area contributed by atoms with E-state index in [0.717, 1.165) is 35.6 Å². The Bertz CT molecular complexity index is 677. The zero-order valence-corrected chi connectivity index (χ0v) is 17.0. The van der Waals surface area contributed by atoms with Gasteiger partial charge < -0.3 is 20.5 Å². The van der Waals surface area contributed by atoms with E-state index in [-0.39, 0.29) is 24.0 Å². The first-order valence-electron chi connectivity index (χ1n) is 8.09. The van der Waals surface area contributed by atoms with Crippen molar-refractivity contribution in [1.29, 1.82) is 0 Å². The molecule has 3 N–H and O–H groups in total. The van der Waals surface area contributed by atoms with Crippen molar-refractivity contribution >= 4 is 35.6 Å². The number of hydrogen-bond donors (Lipinski definition) is 2. The largest absolute Gasteiger partial charge is 0.495 e. The second-order valence-corrected chi connectivity index (χ2v) is 5.35. The minimum atomic E-state index is 0. The number of nitrogens with zero attached hydrogens (tertiary/aromatic N) is 1. The van der Waals surface area contributed by atoms with Gasteiger partial charge in [-0.3, -0.25) is 0 Å². The first-order chi connectivity index (χ1) is 11.7. The van der Waals surface area contributed by atoms with Crippen molar-refractivity contribution in [3.63, 3.8) is 0 Å². The zero-order chi connectivity index (χ0) is 17.2. The van der Waals surface area contributed by atoms with Gasteiger partial charge in [0.15, 0.2) is 5.96 Å². The topological polar surface area (TPSA) is 68.9 Å². The van der Waals surface area contributed by atoms with Gasteiger partial charge in [-0.05, 0) is 29.7 Å². The Morgan fingerprint density at radius 1 is 1.08 bits per heavy atom. The van der Waals surface area contributed by atoms with E-state index >= 15 is 0 Å². The van der Waals surface area contributed by atoms with Gasteiger partial charge in [0.25, 0.3) is 0 Å². The Labute approximate surface area is 166 Å². The van der Waals surface area contributed by atoms with Crippen LogP contribution in [0.5, 0.6) is 5.75 Å². The summed E-state index contributed by atoms with van der Waals surface area (Å²) in [6.45, 7) is 3.95. The Kier molecular flexibility index (Phi) is 9.94. The minimum Gasteiger partial charge on any atom is -0.495 e. The number of ether oxygens (including phenoxy) is 2. The minimum absolute atomic E-state index is 0. The van der Waals surface area contributed by atoms with Crippen molar-refractivity contribution in [1.82, 2.24) is 0 Å². The van der Waals surface area contributed by atoms with E-state index in [9.17, 15) is 0 Å². The normalized spacial score (nSPS) is 10.9. The average molecular weight is 455 g/mol. The highest BCUT2D eigenvalue weighted by atomic mass is 127. The third-order valence-corrected chi connectivity index (χ3v) is 3.51. The molecule has 0 fully saturated rings. The number of nitrogens with two attached hydrogens (primary N) is 1. The van der Waals surface area contributed by atoms with Crippen LogP contribution in [0.15, 0.2) is 53.5 Å². The number of methoxy groups -OCH3 is 1. The SMILES string of the molecule is CCCOCc1ccccc1CN=C(N)Nc1ccccc1OC.I. The second kappa shape index (κ2) is 11.7. The van der Waals surface area contributed by atoms with Gasteiger partial charge in [0, 0.05) is 6.61 Å². The summed E-state index contributed by atoms with van der Waals surface area (Å²) in [4.78, 5) is 4.43. The molecule has 0 atom stereocenters. The molecule has 25 heavy (non-hydrogen) atoms. The van der Waals surface area contributed by atoms with E-state index in [1.54, 1.807) is 7.11 Å². The summed E-state index contributed by atoms with van der Waals surface area (Å²) in [6, 6.07) is 15.7. The van der Waals surface area contributed by atoms with Gasteiger partial charge in [0.1, 0.15) is 5.75 Å². The van der Waals surface area contributed by atoms with Crippen LogP contribution >= 0.6 is 24.0 Å². The van der Waals surface area contributed by atoms with E-state index in [1.807, 2.05) is 42.5 Å². The van der Waals surface area contributed by atoms with Crippen LogP contribution in [0.25, 0.3) is 0 Å². The zero-order valence-electron chi connectivity index (χ0n) is 14.7. The molecule has 136 valence electrons. The quantitative estimate of drug-likeness (QED) is 0.272. The fraction of sp³-hybridized carbons (Fsp3) is 0.316. The van der Waals surface area contributed by atoms with Crippen molar-refractivity contribution in [3.8, 4) is 5.75 Å². The number of para-hydroxylation sites is 2. The molecule has 0 aliphatic rings. The summed E-state index contributed by atoms with van der Waals surface area (Å²) in [5, 5.41) is 3.07. The molecule has 0 aromatic heterocycles. The summed E-state index contributed by atoms with van der Waals surface area (Å²) in [6.07, 6.45) is 1.01. The molecule has 0 aliphatic heterocycles. The third-order valence-electron chi connectivity index (χ3n) is 3.51. The first-order valence-corrected chi connectivity index (χ1v) is 8.09. The van der Waals surface area contributed by atoms with Crippen molar-refractivity contribution in [2.45, 2.75) is 26.5 Å². The Morgan fingerprint density at radius 3 is 2.48 bits per heavy atom. The molecule has 2 rings (SSSR count). The first kappa shape index (κ1) is 21.2. The lowest BCUT2D eigenvalue weighted by molar-refractivity contribution is 0.121. The highest BCUT2D eigenvalue weighted by Crippen LogP contribution is 2.22. The van der Waals surface area contributed by atoms with Crippen LogP contribution in [0.4, 0.5) is 5.69 Å². The van der Waals surface area contributed by atoms with E-state index in [0.29, 0.717) is 19.1 Å². The lowest BCUT2D eigenvalue weighted by Crippen LogP contribution is -2.23. The average Bonchev–Trinajstić information content (AvgIpc) is 2.61. The van der Waals surface area contributed by atoms with E-state index in [2.05, 4.69) is 23.3 Å². The summed E-state index contributed by atoms with van der Waals surface area (Å²) < 4.78 is 10.9.